The first-order valence-corrected chi connectivity index (χ1v) is 7.40. The molecule has 0 fully saturated rings. The molecule has 0 saturated carbocycles. The van der Waals surface area contributed by atoms with E-state index in [0.29, 0.717) is 17.3 Å². The van der Waals surface area contributed by atoms with Gasteiger partial charge in [-0.1, -0.05) is 13.8 Å². The van der Waals surface area contributed by atoms with E-state index in [1.54, 1.807) is 6.07 Å². The average Bonchev–Trinajstić information content (AvgIpc) is 2.80. The van der Waals surface area contributed by atoms with Crippen LogP contribution in [0.5, 0.6) is 0 Å². The Balaban J connectivity index is 2.12. The van der Waals surface area contributed by atoms with Gasteiger partial charge in [-0.25, -0.2) is 14.4 Å². The molecule has 2 heterocycles. The third-order valence-electron chi connectivity index (χ3n) is 3.58. The summed E-state index contributed by atoms with van der Waals surface area (Å²) in [4.78, 5) is 20.5. The number of hydrogen-bond acceptors (Lipinski definition) is 4. The van der Waals surface area contributed by atoms with Crippen molar-refractivity contribution in [1.82, 2.24) is 19.1 Å². The van der Waals surface area contributed by atoms with Gasteiger partial charge in [-0.2, -0.15) is 0 Å². The standard InChI is InChI=1S/C16H18FN5O/c1-10(2)7-22-14-4-3-11(17)5-13(14)20-15(22)8-21-9-19-6-12(18)16(21)23/h3-6,9-10H,7-8,18H2,1-2H3. The zero-order valence-corrected chi connectivity index (χ0v) is 13.0. The van der Waals surface area contributed by atoms with Crippen molar-refractivity contribution < 1.29 is 4.39 Å². The quantitative estimate of drug-likeness (QED) is 0.799. The predicted octanol–water partition coefficient (Wildman–Crippen LogP) is 2.02. The van der Waals surface area contributed by atoms with Crippen LogP contribution in [0.15, 0.2) is 35.5 Å². The van der Waals surface area contributed by atoms with Crippen LogP contribution in [0, 0.1) is 11.7 Å². The van der Waals surface area contributed by atoms with Crippen LogP contribution in [-0.2, 0) is 13.1 Å². The lowest BCUT2D eigenvalue weighted by atomic mass is 10.2. The second-order valence-electron chi connectivity index (χ2n) is 5.95. The highest BCUT2D eigenvalue weighted by Crippen LogP contribution is 2.19. The van der Waals surface area contributed by atoms with E-state index in [0.717, 1.165) is 12.1 Å². The Labute approximate surface area is 132 Å². The van der Waals surface area contributed by atoms with E-state index in [4.69, 9.17) is 5.73 Å². The lowest BCUT2D eigenvalue weighted by Gasteiger charge is -2.12. The van der Waals surface area contributed by atoms with Crippen LogP contribution >= 0.6 is 0 Å². The van der Waals surface area contributed by atoms with Gasteiger partial charge in [-0.3, -0.25) is 9.36 Å². The second-order valence-corrected chi connectivity index (χ2v) is 5.95. The van der Waals surface area contributed by atoms with Crippen LogP contribution in [0.1, 0.15) is 19.7 Å². The fourth-order valence-electron chi connectivity index (χ4n) is 2.57. The highest BCUT2D eigenvalue weighted by molar-refractivity contribution is 5.76. The molecular weight excluding hydrogens is 297 g/mol. The fraction of sp³-hybridized carbons (Fsp3) is 0.312. The lowest BCUT2D eigenvalue weighted by molar-refractivity contribution is 0.508. The van der Waals surface area contributed by atoms with Gasteiger partial charge in [0.15, 0.2) is 0 Å². The molecule has 0 spiro atoms. The summed E-state index contributed by atoms with van der Waals surface area (Å²) in [6, 6.07) is 4.53. The molecule has 2 aromatic heterocycles. The number of benzene rings is 1. The van der Waals surface area contributed by atoms with Crippen molar-refractivity contribution in [2.75, 3.05) is 5.73 Å². The van der Waals surface area contributed by atoms with E-state index in [-0.39, 0.29) is 23.6 Å². The molecule has 0 unspecified atom stereocenters. The summed E-state index contributed by atoms with van der Waals surface area (Å²) in [5.74, 6) is 0.724. The van der Waals surface area contributed by atoms with Gasteiger partial charge in [-0.15, -0.1) is 0 Å². The fourth-order valence-corrected chi connectivity index (χ4v) is 2.57. The van der Waals surface area contributed by atoms with Gasteiger partial charge in [0.2, 0.25) is 0 Å². The monoisotopic (exact) mass is 315 g/mol. The summed E-state index contributed by atoms with van der Waals surface area (Å²) < 4.78 is 16.9. The van der Waals surface area contributed by atoms with Gasteiger partial charge in [0.1, 0.15) is 17.3 Å². The first-order valence-electron chi connectivity index (χ1n) is 7.40. The second kappa shape index (κ2) is 5.83. The minimum atomic E-state index is -0.332. The number of fused-ring (bicyclic) bond motifs is 1. The molecule has 0 saturated heterocycles. The summed E-state index contributed by atoms with van der Waals surface area (Å²) >= 11 is 0. The van der Waals surface area contributed by atoms with Crippen molar-refractivity contribution in [3.8, 4) is 0 Å². The maximum absolute atomic E-state index is 13.5. The minimum absolute atomic E-state index is 0.0880. The summed E-state index contributed by atoms with van der Waals surface area (Å²) in [7, 11) is 0. The molecule has 1 aromatic carbocycles. The molecule has 3 aromatic rings. The van der Waals surface area contributed by atoms with Crippen LogP contribution in [0.25, 0.3) is 11.0 Å². The van der Waals surface area contributed by atoms with Gasteiger partial charge < -0.3 is 10.3 Å². The third-order valence-corrected chi connectivity index (χ3v) is 3.58. The molecule has 6 nitrogen and oxygen atoms in total. The largest absolute Gasteiger partial charge is 0.393 e. The number of aromatic nitrogens is 4. The van der Waals surface area contributed by atoms with E-state index < -0.39 is 0 Å². The summed E-state index contributed by atoms with van der Waals surface area (Å²) in [5.41, 5.74) is 6.81. The Morgan fingerprint density at radius 3 is 2.87 bits per heavy atom. The topological polar surface area (TPSA) is 78.7 Å². The SMILES string of the molecule is CC(C)Cn1c(Cn2cncc(N)c2=O)nc2cc(F)ccc21. The van der Waals surface area contributed by atoms with E-state index in [2.05, 4.69) is 23.8 Å². The van der Waals surface area contributed by atoms with Crippen molar-refractivity contribution in [2.45, 2.75) is 26.9 Å². The molecule has 0 atom stereocenters. The maximum Gasteiger partial charge on any atom is 0.276 e. The Morgan fingerprint density at radius 1 is 1.35 bits per heavy atom. The molecule has 2 N–H and O–H groups in total. The molecule has 0 bridgehead atoms. The van der Waals surface area contributed by atoms with Crippen LogP contribution in [0.4, 0.5) is 10.1 Å². The first-order chi connectivity index (χ1) is 11.0. The Kier molecular flexibility index (Phi) is 3.85. The number of hydrogen-bond donors (Lipinski definition) is 1. The molecule has 3 rings (SSSR count). The highest BCUT2D eigenvalue weighted by Gasteiger charge is 2.14. The Hall–Kier alpha value is -2.70. The van der Waals surface area contributed by atoms with Crippen molar-refractivity contribution in [3.05, 3.63) is 52.7 Å². The summed E-state index contributed by atoms with van der Waals surface area (Å²) in [6.45, 7) is 5.14. The van der Waals surface area contributed by atoms with Gasteiger partial charge in [0.25, 0.3) is 5.56 Å². The van der Waals surface area contributed by atoms with Crippen molar-refractivity contribution in [3.63, 3.8) is 0 Å². The van der Waals surface area contributed by atoms with Gasteiger partial charge in [0, 0.05) is 12.6 Å². The van der Waals surface area contributed by atoms with Crippen molar-refractivity contribution in [1.29, 1.82) is 0 Å². The molecule has 23 heavy (non-hydrogen) atoms. The smallest absolute Gasteiger partial charge is 0.276 e. The zero-order valence-electron chi connectivity index (χ0n) is 13.0. The molecule has 120 valence electrons. The van der Waals surface area contributed by atoms with E-state index in [9.17, 15) is 9.18 Å². The molecule has 0 aliphatic rings. The Bertz CT molecular complexity index is 912. The van der Waals surface area contributed by atoms with Crippen LogP contribution < -0.4 is 11.3 Å². The van der Waals surface area contributed by atoms with Crippen LogP contribution in [-0.4, -0.2) is 19.1 Å². The number of nitrogens with two attached hydrogens (primary N) is 1. The Morgan fingerprint density at radius 2 is 2.13 bits per heavy atom. The normalized spacial score (nSPS) is 11.5. The van der Waals surface area contributed by atoms with Gasteiger partial charge >= 0.3 is 0 Å². The lowest BCUT2D eigenvalue weighted by Crippen LogP contribution is -2.25. The molecular formula is C16H18FN5O. The number of rotatable bonds is 4. The van der Waals surface area contributed by atoms with Gasteiger partial charge in [0.05, 0.1) is 30.1 Å². The number of imidazole rings is 1. The number of anilines is 1. The molecule has 0 radical (unpaired) electrons. The average molecular weight is 315 g/mol. The zero-order chi connectivity index (χ0) is 16.6. The molecule has 0 aliphatic carbocycles. The van der Waals surface area contributed by atoms with Crippen molar-refractivity contribution in [2.24, 2.45) is 5.92 Å². The number of nitrogens with zero attached hydrogens (tertiary/aromatic N) is 4. The van der Waals surface area contributed by atoms with Crippen molar-refractivity contribution >= 4 is 16.7 Å². The summed E-state index contributed by atoms with van der Waals surface area (Å²) in [5, 5.41) is 0. The van der Waals surface area contributed by atoms with E-state index >= 15 is 0 Å². The van der Waals surface area contributed by atoms with E-state index in [1.165, 1.54) is 29.2 Å². The van der Waals surface area contributed by atoms with E-state index in [1.807, 2.05) is 4.57 Å². The van der Waals surface area contributed by atoms with Crippen LogP contribution in [0.2, 0.25) is 0 Å². The first kappa shape index (κ1) is 15.2. The molecule has 0 aliphatic heterocycles. The molecule has 7 heteroatoms. The summed E-state index contributed by atoms with van der Waals surface area (Å²) in [6.07, 6.45) is 2.75. The predicted molar refractivity (Wildman–Crippen MR) is 86.5 cm³/mol. The maximum atomic E-state index is 13.5. The van der Waals surface area contributed by atoms with Gasteiger partial charge in [-0.05, 0) is 18.1 Å². The number of halogens is 1. The molecule has 0 amide bonds. The third kappa shape index (κ3) is 2.94. The number of nitrogen functional groups attached to an aromatic ring is 1. The van der Waals surface area contributed by atoms with Crippen LogP contribution in [0.3, 0.4) is 0 Å². The minimum Gasteiger partial charge on any atom is -0.393 e. The highest BCUT2D eigenvalue weighted by atomic mass is 19.1.